The van der Waals surface area contributed by atoms with Crippen molar-refractivity contribution in [2.45, 2.75) is 20.3 Å². The first-order valence-corrected chi connectivity index (χ1v) is 7.48. The minimum atomic E-state index is -0.486. The number of pyridine rings is 1. The monoisotopic (exact) mass is 376 g/mol. The molecule has 4 nitrogen and oxygen atoms in total. The highest BCUT2D eigenvalue weighted by molar-refractivity contribution is 9.10. The molecule has 0 unspecified atom stereocenters. The molecule has 0 aliphatic carbocycles. The Hall–Kier alpha value is -0.910. The first-order valence-electron chi connectivity index (χ1n) is 5.93. The van der Waals surface area contributed by atoms with Gasteiger partial charge in [-0.15, -0.1) is 0 Å². The average molecular weight is 378 g/mol. The van der Waals surface area contributed by atoms with Crippen LogP contribution in [0.3, 0.4) is 0 Å². The van der Waals surface area contributed by atoms with Gasteiger partial charge in [0.05, 0.1) is 15.5 Å². The summed E-state index contributed by atoms with van der Waals surface area (Å²) in [6.07, 6.45) is 0.467. The summed E-state index contributed by atoms with van der Waals surface area (Å²) in [6.45, 7) is 3.93. The number of nitro groups is 1. The number of hydrogen-bond donors (Lipinski definition) is 0. The molecule has 0 radical (unpaired) electrons. The first kappa shape index (κ1) is 15.5. The summed E-state index contributed by atoms with van der Waals surface area (Å²) < 4.78 is 0.633. The molecule has 0 aliphatic rings. The van der Waals surface area contributed by atoms with Crippen molar-refractivity contribution in [2.24, 2.45) is 5.92 Å². The van der Waals surface area contributed by atoms with Gasteiger partial charge in [0.2, 0.25) is 0 Å². The van der Waals surface area contributed by atoms with E-state index in [4.69, 9.17) is 23.2 Å². The lowest BCUT2D eigenvalue weighted by atomic mass is 10.0. The molecule has 0 aliphatic heterocycles. The fourth-order valence-electron chi connectivity index (χ4n) is 2.01. The summed E-state index contributed by atoms with van der Waals surface area (Å²) >= 11 is 15.7. The van der Waals surface area contributed by atoms with E-state index in [9.17, 15) is 10.1 Å². The van der Waals surface area contributed by atoms with E-state index in [1.165, 1.54) is 0 Å². The van der Waals surface area contributed by atoms with Crippen LogP contribution in [0.4, 0.5) is 5.69 Å². The smallest absolute Gasteiger partial charge is 0.258 e. The normalized spacial score (nSPS) is 11.3. The SMILES string of the molecule is CC(C)Cc1nc2c(Cl)ccc(Br)c2c(Cl)c1[N+](=O)[O-]. The largest absolute Gasteiger partial charge is 0.309 e. The van der Waals surface area contributed by atoms with Gasteiger partial charge in [-0.1, -0.05) is 53.0 Å². The van der Waals surface area contributed by atoms with E-state index in [-0.39, 0.29) is 16.6 Å². The molecule has 1 heterocycles. The molecule has 0 bridgehead atoms. The molecule has 1 aromatic heterocycles. The van der Waals surface area contributed by atoms with Gasteiger partial charge in [0, 0.05) is 9.86 Å². The molecule has 0 saturated heterocycles. The van der Waals surface area contributed by atoms with Crippen molar-refractivity contribution in [1.29, 1.82) is 0 Å². The molecule has 1 aromatic carbocycles. The van der Waals surface area contributed by atoms with Gasteiger partial charge in [0.15, 0.2) is 0 Å². The molecule has 0 N–H and O–H groups in total. The van der Waals surface area contributed by atoms with Crippen molar-refractivity contribution in [3.05, 3.63) is 42.5 Å². The second-order valence-corrected chi connectivity index (χ2v) is 6.47. The fourth-order valence-corrected chi connectivity index (χ4v) is 3.21. The van der Waals surface area contributed by atoms with Crippen molar-refractivity contribution in [3.63, 3.8) is 0 Å². The Labute approximate surface area is 134 Å². The highest BCUT2D eigenvalue weighted by atomic mass is 79.9. The van der Waals surface area contributed by atoms with Crippen LogP contribution >= 0.6 is 39.1 Å². The van der Waals surface area contributed by atoms with E-state index in [0.29, 0.717) is 32.5 Å². The zero-order chi connectivity index (χ0) is 15.0. The Morgan fingerprint density at radius 2 is 2.05 bits per heavy atom. The second kappa shape index (κ2) is 5.84. The maximum absolute atomic E-state index is 11.3. The van der Waals surface area contributed by atoms with Crippen LogP contribution in [-0.4, -0.2) is 9.91 Å². The average Bonchev–Trinajstić information content (AvgIpc) is 2.32. The van der Waals surface area contributed by atoms with Crippen LogP contribution in [0.25, 0.3) is 10.9 Å². The van der Waals surface area contributed by atoms with Crippen LogP contribution in [0.1, 0.15) is 19.5 Å². The number of hydrogen-bond acceptors (Lipinski definition) is 3. The summed E-state index contributed by atoms with van der Waals surface area (Å²) in [5.41, 5.74) is 0.700. The lowest BCUT2D eigenvalue weighted by Gasteiger charge is -2.11. The van der Waals surface area contributed by atoms with Crippen molar-refractivity contribution < 1.29 is 4.92 Å². The Bertz CT molecular complexity index is 705. The summed E-state index contributed by atoms with van der Waals surface area (Å²) in [7, 11) is 0. The third-order valence-electron chi connectivity index (χ3n) is 2.81. The number of fused-ring (bicyclic) bond motifs is 1. The number of aromatic nitrogens is 1. The van der Waals surface area contributed by atoms with Crippen molar-refractivity contribution in [3.8, 4) is 0 Å². The van der Waals surface area contributed by atoms with E-state index < -0.39 is 4.92 Å². The second-order valence-electron chi connectivity index (χ2n) is 4.83. The van der Waals surface area contributed by atoms with Gasteiger partial charge in [0.1, 0.15) is 10.7 Å². The summed E-state index contributed by atoms with van der Waals surface area (Å²) in [4.78, 5) is 15.2. The van der Waals surface area contributed by atoms with Crippen LogP contribution in [-0.2, 0) is 6.42 Å². The van der Waals surface area contributed by atoms with Crippen LogP contribution < -0.4 is 0 Å². The molecule has 0 saturated carbocycles. The zero-order valence-corrected chi connectivity index (χ0v) is 13.9. The number of nitrogens with zero attached hydrogens (tertiary/aromatic N) is 2. The van der Waals surface area contributed by atoms with Crippen molar-refractivity contribution in [1.82, 2.24) is 4.98 Å². The summed E-state index contributed by atoms with van der Waals surface area (Å²) in [6, 6.07) is 3.38. The van der Waals surface area contributed by atoms with Gasteiger partial charge in [-0.3, -0.25) is 10.1 Å². The van der Waals surface area contributed by atoms with E-state index in [0.717, 1.165) is 0 Å². The third-order valence-corrected chi connectivity index (χ3v) is 4.14. The fraction of sp³-hybridized carbons (Fsp3) is 0.308. The maximum atomic E-state index is 11.3. The first-order chi connectivity index (χ1) is 9.32. The Morgan fingerprint density at radius 3 is 2.60 bits per heavy atom. The molecule has 0 fully saturated rings. The molecule has 2 rings (SSSR count). The number of rotatable bonds is 3. The van der Waals surface area contributed by atoms with Crippen molar-refractivity contribution in [2.75, 3.05) is 0 Å². The van der Waals surface area contributed by atoms with Gasteiger partial charge in [0.25, 0.3) is 0 Å². The predicted octanol–water partition coefficient (Wildman–Crippen LogP) is 5.41. The Balaban J connectivity index is 2.89. The molecule has 0 spiro atoms. The number of halogens is 3. The molecule has 2 aromatic rings. The lowest BCUT2D eigenvalue weighted by Crippen LogP contribution is -2.04. The number of benzene rings is 1. The van der Waals surface area contributed by atoms with E-state index in [1.54, 1.807) is 12.1 Å². The van der Waals surface area contributed by atoms with Crippen LogP contribution in [0.5, 0.6) is 0 Å². The topological polar surface area (TPSA) is 56.0 Å². The molecule has 106 valence electrons. The van der Waals surface area contributed by atoms with Gasteiger partial charge >= 0.3 is 5.69 Å². The third kappa shape index (κ3) is 2.75. The minimum absolute atomic E-state index is 0.0741. The molecule has 20 heavy (non-hydrogen) atoms. The molecular formula is C13H11BrCl2N2O2. The highest BCUT2D eigenvalue weighted by Crippen LogP contribution is 2.40. The molecule has 0 atom stereocenters. The van der Waals surface area contributed by atoms with E-state index in [2.05, 4.69) is 20.9 Å². The molecular weight excluding hydrogens is 367 g/mol. The van der Waals surface area contributed by atoms with Gasteiger partial charge in [-0.2, -0.15) is 0 Å². The maximum Gasteiger partial charge on any atom is 0.309 e. The molecule has 0 amide bonds. The highest BCUT2D eigenvalue weighted by Gasteiger charge is 2.26. The Kier molecular flexibility index (Phi) is 4.52. The van der Waals surface area contributed by atoms with Crippen LogP contribution in [0.15, 0.2) is 16.6 Å². The van der Waals surface area contributed by atoms with Crippen LogP contribution in [0, 0.1) is 16.0 Å². The summed E-state index contributed by atoms with van der Waals surface area (Å²) in [5, 5.41) is 12.3. The van der Waals surface area contributed by atoms with Gasteiger partial charge in [-0.25, -0.2) is 4.98 Å². The quantitative estimate of drug-likeness (QED) is 0.530. The molecule has 7 heteroatoms. The zero-order valence-electron chi connectivity index (χ0n) is 10.8. The van der Waals surface area contributed by atoms with Crippen LogP contribution in [0.2, 0.25) is 10.0 Å². The standard InChI is InChI=1S/C13H11BrCl2N2O2/c1-6(2)5-9-13(18(19)20)11(16)10-7(14)3-4-8(15)12(10)17-9/h3-4,6H,5H2,1-2H3. The van der Waals surface area contributed by atoms with Gasteiger partial charge in [-0.05, 0) is 24.5 Å². The van der Waals surface area contributed by atoms with E-state index in [1.807, 2.05) is 13.8 Å². The van der Waals surface area contributed by atoms with E-state index >= 15 is 0 Å². The van der Waals surface area contributed by atoms with Crippen molar-refractivity contribution >= 4 is 55.7 Å². The lowest BCUT2D eigenvalue weighted by molar-refractivity contribution is -0.385. The minimum Gasteiger partial charge on any atom is -0.258 e. The van der Waals surface area contributed by atoms with Gasteiger partial charge < -0.3 is 0 Å². The summed E-state index contributed by atoms with van der Waals surface area (Å²) in [5.74, 6) is 0.223. The Morgan fingerprint density at radius 1 is 1.40 bits per heavy atom. The predicted molar refractivity (Wildman–Crippen MR) is 84.7 cm³/mol.